The molecular weight excluding hydrogens is 524 g/mol. The molecule has 2 aromatic carbocycles. The molecule has 230 valence electrons. The van der Waals surface area contributed by atoms with E-state index in [1.54, 1.807) is 24.0 Å². The van der Waals surface area contributed by atoms with Gasteiger partial charge in [0, 0.05) is 11.1 Å². The monoisotopic (exact) mass is 578 g/mol. The number of Topliss-reactive ketones (excluding diaryl/α,β-unsaturated/α-hetero) is 2. The highest BCUT2D eigenvalue weighted by Crippen LogP contribution is 2.22. The van der Waals surface area contributed by atoms with Crippen LogP contribution in [0.1, 0.15) is 97.8 Å². The van der Waals surface area contributed by atoms with Crippen molar-refractivity contribution in [2.75, 3.05) is 53.5 Å². The van der Waals surface area contributed by atoms with Gasteiger partial charge in [-0.1, -0.05) is 12.8 Å². The zero-order chi connectivity index (χ0) is 29.6. The average molecular weight is 579 g/mol. The number of nitrogens with one attached hydrogen (secondary N) is 2. The molecule has 6 nitrogen and oxygen atoms in total. The molecule has 4 rings (SSSR count). The predicted octanol–water partition coefficient (Wildman–Crippen LogP) is 4.48. The van der Waals surface area contributed by atoms with Crippen LogP contribution in [-0.2, 0) is 0 Å². The molecule has 0 aromatic heterocycles. The van der Waals surface area contributed by atoms with Gasteiger partial charge in [0.05, 0.1) is 65.3 Å². The summed E-state index contributed by atoms with van der Waals surface area (Å²) < 4.78 is 10.6. The van der Waals surface area contributed by atoms with Gasteiger partial charge in [-0.15, -0.1) is 0 Å². The normalized spacial score (nSPS) is 18.4. The van der Waals surface area contributed by atoms with E-state index in [4.69, 9.17) is 9.47 Å². The van der Waals surface area contributed by atoms with Crippen molar-refractivity contribution in [3.05, 3.63) is 59.7 Å². The Morgan fingerprint density at radius 2 is 0.905 bits per heavy atom. The average Bonchev–Trinajstić information content (AvgIpc) is 3.46. The molecule has 0 bridgehead atoms. The second-order valence-electron chi connectivity index (χ2n) is 12.6. The zero-order valence-corrected chi connectivity index (χ0v) is 26.1. The third kappa shape index (κ3) is 9.95. The van der Waals surface area contributed by atoms with Crippen LogP contribution in [0.5, 0.6) is 11.5 Å². The summed E-state index contributed by atoms with van der Waals surface area (Å²) >= 11 is 0. The molecule has 0 aliphatic carbocycles. The van der Waals surface area contributed by atoms with Gasteiger partial charge >= 0.3 is 0 Å². The Morgan fingerprint density at radius 3 is 1.21 bits per heavy atom. The van der Waals surface area contributed by atoms with Gasteiger partial charge in [0.15, 0.2) is 11.6 Å². The van der Waals surface area contributed by atoms with E-state index in [1.165, 1.54) is 77.5 Å². The quantitative estimate of drug-likeness (QED) is 0.242. The van der Waals surface area contributed by atoms with E-state index >= 15 is 0 Å². The molecule has 2 aromatic rings. The summed E-state index contributed by atoms with van der Waals surface area (Å²) in [7, 11) is 3.31. The van der Waals surface area contributed by atoms with Crippen molar-refractivity contribution in [3.63, 3.8) is 0 Å². The van der Waals surface area contributed by atoms with Gasteiger partial charge < -0.3 is 19.3 Å². The minimum Gasteiger partial charge on any atom is -0.497 e. The van der Waals surface area contributed by atoms with Crippen LogP contribution in [0.25, 0.3) is 0 Å². The first-order valence-corrected chi connectivity index (χ1v) is 16.6. The summed E-state index contributed by atoms with van der Waals surface area (Å²) in [5, 5.41) is 0. The molecule has 2 unspecified atom stereocenters. The molecule has 42 heavy (non-hydrogen) atoms. The van der Waals surface area contributed by atoms with E-state index in [-0.39, 0.29) is 23.4 Å². The van der Waals surface area contributed by atoms with Crippen LogP contribution >= 0.6 is 0 Å². The van der Waals surface area contributed by atoms with Crippen molar-refractivity contribution in [1.82, 2.24) is 0 Å². The molecule has 0 spiro atoms. The Labute approximate surface area is 253 Å². The lowest BCUT2D eigenvalue weighted by molar-refractivity contribution is -0.901. The molecule has 0 saturated carbocycles. The summed E-state index contributed by atoms with van der Waals surface area (Å²) in [6.07, 6.45) is 14.0. The third-order valence-corrected chi connectivity index (χ3v) is 9.54. The first kappa shape index (κ1) is 32.2. The lowest BCUT2D eigenvalue weighted by Crippen LogP contribution is -3.12. The maximum absolute atomic E-state index is 13.8. The summed E-state index contributed by atoms with van der Waals surface area (Å²) in [4.78, 5) is 30.7. The van der Waals surface area contributed by atoms with E-state index in [2.05, 4.69) is 0 Å². The molecule has 2 fully saturated rings. The lowest BCUT2D eigenvalue weighted by Gasteiger charge is -2.25. The SMILES string of the molecule is COc1ccc(C(=O)C(CCCCC(C[NH+]2CCCCCC2)C(=O)c2ccc(OC)cc2)C[NH+]2CCCCCC2)cc1. The summed E-state index contributed by atoms with van der Waals surface area (Å²) in [5.41, 5.74) is 1.57. The molecular formula is C36H54N2O4+2. The largest absolute Gasteiger partial charge is 0.497 e. The number of unbranched alkanes of at least 4 members (excludes halogenated alkanes) is 1. The highest BCUT2D eigenvalue weighted by atomic mass is 16.5. The van der Waals surface area contributed by atoms with E-state index < -0.39 is 0 Å². The van der Waals surface area contributed by atoms with E-state index in [0.717, 1.165) is 61.4 Å². The Hall–Kier alpha value is -2.70. The van der Waals surface area contributed by atoms with E-state index in [0.29, 0.717) is 0 Å². The topological polar surface area (TPSA) is 61.5 Å². The van der Waals surface area contributed by atoms with Crippen LogP contribution < -0.4 is 19.3 Å². The van der Waals surface area contributed by atoms with E-state index in [1.807, 2.05) is 48.5 Å². The Morgan fingerprint density at radius 1 is 0.571 bits per heavy atom. The van der Waals surface area contributed by atoms with Crippen molar-refractivity contribution in [1.29, 1.82) is 0 Å². The number of carbonyl (C=O) groups excluding carboxylic acids is 2. The zero-order valence-electron chi connectivity index (χ0n) is 26.1. The fourth-order valence-electron chi connectivity index (χ4n) is 6.98. The highest BCUT2D eigenvalue weighted by molar-refractivity contribution is 5.98. The van der Waals surface area contributed by atoms with Gasteiger partial charge in [-0.3, -0.25) is 9.59 Å². The number of hydrogen-bond donors (Lipinski definition) is 2. The number of ketones is 2. The minimum atomic E-state index is 0.0125. The van der Waals surface area contributed by atoms with Gasteiger partial charge in [0.1, 0.15) is 11.5 Å². The minimum absolute atomic E-state index is 0.0125. The smallest absolute Gasteiger partial charge is 0.171 e. The molecule has 2 heterocycles. The fraction of sp³-hybridized carbons (Fsp3) is 0.611. The molecule has 0 amide bonds. The molecule has 2 aliphatic heterocycles. The number of likely N-dealkylation sites (tertiary alicyclic amines) is 2. The molecule has 2 saturated heterocycles. The van der Waals surface area contributed by atoms with Crippen LogP contribution in [0.2, 0.25) is 0 Å². The summed E-state index contributed by atoms with van der Waals surface area (Å²) in [6.45, 7) is 6.51. The maximum atomic E-state index is 13.8. The first-order valence-electron chi connectivity index (χ1n) is 16.6. The van der Waals surface area contributed by atoms with Gasteiger partial charge in [-0.25, -0.2) is 0 Å². The molecule has 2 N–H and O–H groups in total. The van der Waals surface area contributed by atoms with Crippen molar-refractivity contribution >= 4 is 11.6 Å². The van der Waals surface area contributed by atoms with Crippen molar-refractivity contribution in [2.45, 2.75) is 77.0 Å². The molecule has 2 aliphatic rings. The number of hydrogen-bond acceptors (Lipinski definition) is 4. The van der Waals surface area contributed by atoms with Gasteiger partial charge in [-0.05, 0) is 113 Å². The number of quaternary nitrogens is 2. The third-order valence-electron chi connectivity index (χ3n) is 9.54. The van der Waals surface area contributed by atoms with Crippen molar-refractivity contribution in [2.24, 2.45) is 11.8 Å². The van der Waals surface area contributed by atoms with Gasteiger partial charge in [0.25, 0.3) is 0 Å². The predicted molar refractivity (Wildman–Crippen MR) is 168 cm³/mol. The summed E-state index contributed by atoms with van der Waals surface area (Å²) in [6, 6.07) is 15.2. The van der Waals surface area contributed by atoms with Crippen LogP contribution in [0.3, 0.4) is 0 Å². The molecule has 6 heteroatoms. The van der Waals surface area contributed by atoms with Crippen LogP contribution in [0.4, 0.5) is 0 Å². The Balaban J connectivity index is 1.41. The standard InChI is InChI=1S/C36H52N2O4/c1-41-33-19-15-29(16-20-33)35(39)31(27-37-23-9-3-4-10-24-37)13-7-8-14-32(28-38-25-11-5-6-12-26-38)36(40)30-17-21-34(42-2)22-18-30/h15-22,31-32H,3-14,23-28H2,1-2H3/p+2. The van der Waals surface area contributed by atoms with Gasteiger partial charge in [0.2, 0.25) is 0 Å². The van der Waals surface area contributed by atoms with Gasteiger partial charge in [-0.2, -0.15) is 0 Å². The second-order valence-corrected chi connectivity index (χ2v) is 12.6. The number of methoxy groups -OCH3 is 2. The van der Waals surface area contributed by atoms with Crippen molar-refractivity contribution in [3.8, 4) is 11.5 Å². The highest BCUT2D eigenvalue weighted by Gasteiger charge is 2.28. The number of benzene rings is 2. The van der Waals surface area contributed by atoms with Crippen LogP contribution in [0.15, 0.2) is 48.5 Å². The van der Waals surface area contributed by atoms with Crippen LogP contribution in [-0.4, -0.2) is 65.1 Å². The van der Waals surface area contributed by atoms with E-state index in [9.17, 15) is 9.59 Å². The lowest BCUT2D eigenvalue weighted by atomic mass is 9.88. The fourth-order valence-corrected chi connectivity index (χ4v) is 6.98. The number of ether oxygens (including phenoxy) is 2. The van der Waals surface area contributed by atoms with Crippen LogP contribution in [0, 0.1) is 11.8 Å². The first-order chi connectivity index (χ1) is 20.6. The summed E-state index contributed by atoms with van der Waals surface area (Å²) in [5.74, 6) is 2.10. The maximum Gasteiger partial charge on any atom is 0.171 e. The number of rotatable bonds is 15. The Kier molecular flexibility index (Phi) is 13.4. The van der Waals surface area contributed by atoms with Crippen molar-refractivity contribution < 1.29 is 28.9 Å². The second kappa shape index (κ2) is 17.4. The molecule has 2 atom stereocenters. The number of carbonyl (C=O) groups is 2. The molecule has 0 radical (unpaired) electrons. The Bertz CT molecular complexity index is 981.